The van der Waals surface area contributed by atoms with E-state index in [1.807, 2.05) is 0 Å². The molecule has 200 valence electrons. The number of benzene rings is 2. The lowest BCUT2D eigenvalue weighted by Gasteiger charge is -2.20. The van der Waals surface area contributed by atoms with Gasteiger partial charge in [-0.3, -0.25) is 9.52 Å². The van der Waals surface area contributed by atoms with E-state index in [1.54, 1.807) is 62.7 Å². The van der Waals surface area contributed by atoms with Gasteiger partial charge in [0.15, 0.2) is 11.2 Å². The zero-order chi connectivity index (χ0) is 28.1. The van der Waals surface area contributed by atoms with E-state index in [2.05, 4.69) is 21.5 Å². The molecule has 2 aromatic carbocycles. The maximum absolute atomic E-state index is 14.0. The van der Waals surface area contributed by atoms with E-state index in [-0.39, 0.29) is 23.4 Å². The van der Waals surface area contributed by atoms with Crippen LogP contribution in [0.2, 0.25) is 0 Å². The second-order valence-corrected chi connectivity index (χ2v) is 10.9. The van der Waals surface area contributed by atoms with Gasteiger partial charge in [0.1, 0.15) is 11.6 Å². The van der Waals surface area contributed by atoms with Gasteiger partial charge in [-0.15, -0.1) is 10.2 Å². The molecule has 0 atom stereocenters. The lowest BCUT2D eigenvalue weighted by Crippen LogP contribution is -2.18. The second-order valence-electron chi connectivity index (χ2n) is 9.31. The molecule has 0 spiro atoms. The van der Waals surface area contributed by atoms with Crippen molar-refractivity contribution in [3.63, 3.8) is 0 Å². The predicted octanol–water partition coefficient (Wildman–Crippen LogP) is 5.37. The molecular formula is C28H25FN4O5S. The number of aryl methyl sites for hydroxylation is 4. The Kier molecular flexibility index (Phi) is 6.47. The number of ether oxygens (including phenoxy) is 1. The Labute approximate surface area is 224 Å². The Bertz CT molecular complexity index is 1830. The molecule has 0 fully saturated rings. The minimum absolute atomic E-state index is 0.125. The fourth-order valence-corrected chi connectivity index (χ4v) is 5.09. The summed E-state index contributed by atoms with van der Waals surface area (Å²) in [4.78, 5) is 13.1. The summed E-state index contributed by atoms with van der Waals surface area (Å²) in [5, 5.41) is 8.79. The highest BCUT2D eigenvalue weighted by atomic mass is 32.2. The SMILES string of the molecule is C=CS(=O)(=O)Nc1ccc(Oc2c(C)cc(F)cc2C)c(-n2cc(C)c(=O)c3c2C=C(c2nnc(C)o2)C3)c1. The molecule has 1 aliphatic rings. The fraction of sp³-hybridized carbons (Fsp3) is 0.179. The number of nitrogens with zero attached hydrogens (tertiary/aromatic N) is 3. The lowest BCUT2D eigenvalue weighted by atomic mass is 10.1. The van der Waals surface area contributed by atoms with Crippen molar-refractivity contribution in [1.82, 2.24) is 14.8 Å². The van der Waals surface area contributed by atoms with Gasteiger partial charge in [0.25, 0.3) is 10.0 Å². The largest absolute Gasteiger partial charge is 0.455 e. The maximum Gasteiger partial charge on any atom is 0.254 e. The Morgan fingerprint density at radius 1 is 1.10 bits per heavy atom. The van der Waals surface area contributed by atoms with Gasteiger partial charge in [-0.25, -0.2) is 12.8 Å². The van der Waals surface area contributed by atoms with Crippen LogP contribution in [0.3, 0.4) is 0 Å². The van der Waals surface area contributed by atoms with Crippen LogP contribution in [0.15, 0.2) is 57.7 Å². The highest BCUT2D eigenvalue weighted by Crippen LogP contribution is 2.38. The molecule has 0 saturated carbocycles. The minimum atomic E-state index is -3.80. The number of aromatic nitrogens is 3. The highest BCUT2D eigenvalue weighted by Gasteiger charge is 2.26. The predicted molar refractivity (Wildman–Crippen MR) is 146 cm³/mol. The fourth-order valence-electron chi connectivity index (χ4n) is 4.55. The number of sulfonamides is 1. The monoisotopic (exact) mass is 548 g/mol. The zero-order valence-corrected chi connectivity index (χ0v) is 22.5. The molecule has 0 aliphatic heterocycles. The first-order valence-corrected chi connectivity index (χ1v) is 13.5. The van der Waals surface area contributed by atoms with Crippen molar-refractivity contribution in [2.75, 3.05) is 4.72 Å². The number of rotatable bonds is 7. The molecule has 1 aliphatic carbocycles. The third-order valence-electron chi connectivity index (χ3n) is 6.34. The van der Waals surface area contributed by atoms with Crippen molar-refractivity contribution in [2.24, 2.45) is 0 Å². The van der Waals surface area contributed by atoms with E-state index in [9.17, 15) is 17.6 Å². The summed E-state index contributed by atoms with van der Waals surface area (Å²) in [6.45, 7) is 10.2. The van der Waals surface area contributed by atoms with Gasteiger partial charge in [0.2, 0.25) is 11.8 Å². The van der Waals surface area contributed by atoms with Crippen molar-refractivity contribution in [3.05, 3.63) is 104 Å². The van der Waals surface area contributed by atoms with Crippen LogP contribution >= 0.6 is 0 Å². The molecule has 39 heavy (non-hydrogen) atoms. The van der Waals surface area contributed by atoms with E-state index < -0.39 is 10.0 Å². The average molecular weight is 549 g/mol. The van der Waals surface area contributed by atoms with Crippen LogP contribution in [-0.4, -0.2) is 23.2 Å². The molecule has 0 bridgehead atoms. The van der Waals surface area contributed by atoms with E-state index in [4.69, 9.17) is 9.15 Å². The van der Waals surface area contributed by atoms with E-state index in [0.29, 0.717) is 62.5 Å². The summed E-state index contributed by atoms with van der Waals surface area (Å²) in [6.07, 6.45) is 3.74. The highest BCUT2D eigenvalue weighted by molar-refractivity contribution is 7.95. The molecular weight excluding hydrogens is 523 g/mol. The van der Waals surface area contributed by atoms with Gasteiger partial charge in [-0.1, -0.05) is 6.58 Å². The number of nitrogens with one attached hydrogen (secondary N) is 1. The number of fused-ring (bicyclic) bond motifs is 1. The summed E-state index contributed by atoms with van der Waals surface area (Å²) >= 11 is 0. The van der Waals surface area contributed by atoms with E-state index in [0.717, 1.165) is 5.41 Å². The normalized spacial score (nSPS) is 12.7. The van der Waals surface area contributed by atoms with Crippen LogP contribution in [0.1, 0.15) is 39.7 Å². The molecule has 2 aromatic heterocycles. The smallest absolute Gasteiger partial charge is 0.254 e. The zero-order valence-electron chi connectivity index (χ0n) is 21.7. The molecule has 0 saturated heterocycles. The van der Waals surface area contributed by atoms with Crippen LogP contribution in [0.25, 0.3) is 17.3 Å². The molecule has 11 heteroatoms. The molecule has 2 heterocycles. The molecule has 0 radical (unpaired) electrons. The number of allylic oxidation sites excluding steroid dienone is 1. The second kappa shape index (κ2) is 9.66. The van der Waals surface area contributed by atoms with Crippen LogP contribution in [0.4, 0.5) is 10.1 Å². The summed E-state index contributed by atoms with van der Waals surface area (Å²) in [5.41, 5.74) is 4.00. The Balaban J connectivity index is 1.72. The third-order valence-corrected chi connectivity index (χ3v) is 7.30. The van der Waals surface area contributed by atoms with Crippen molar-refractivity contribution in [1.29, 1.82) is 0 Å². The van der Waals surface area contributed by atoms with Gasteiger partial charge in [-0.05, 0) is 68.3 Å². The number of anilines is 1. The molecule has 0 amide bonds. The molecule has 5 rings (SSSR count). The minimum Gasteiger partial charge on any atom is -0.455 e. The maximum atomic E-state index is 14.0. The number of halogens is 1. The van der Waals surface area contributed by atoms with Gasteiger partial charge < -0.3 is 13.7 Å². The summed E-state index contributed by atoms with van der Waals surface area (Å²) in [7, 11) is -3.80. The van der Waals surface area contributed by atoms with Crippen LogP contribution in [-0.2, 0) is 16.4 Å². The van der Waals surface area contributed by atoms with Crippen LogP contribution < -0.4 is 14.9 Å². The third kappa shape index (κ3) is 5.00. The molecule has 4 aromatic rings. The van der Waals surface area contributed by atoms with E-state index in [1.165, 1.54) is 12.1 Å². The lowest BCUT2D eigenvalue weighted by molar-refractivity contribution is 0.470. The van der Waals surface area contributed by atoms with Crippen molar-refractivity contribution in [3.8, 4) is 17.2 Å². The summed E-state index contributed by atoms with van der Waals surface area (Å²) < 4.78 is 54.5. The van der Waals surface area contributed by atoms with Gasteiger partial charge in [0, 0.05) is 41.6 Å². The molecule has 1 N–H and O–H groups in total. The number of hydrogen-bond acceptors (Lipinski definition) is 7. The first-order chi connectivity index (χ1) is 18.5. The van der Waals surface area contributed by atoms with Gasteiger partial charge >= 0.3 is 0 Å². The first-order valence-electron chi connectivity index (χ1n) is 12.0. The van der Waals surface area contributed by atoms with Crippen LogP contribution in [0, 0.1) is 33.5 Å². The van der Waals surface area contributed by atoms with Gasteiger partial charge in [0.05, 0.1) is 17.1 Å². The topological polar surface area (TPSA) is 116 Å². The van der Waals surface area contributed by atoms with E-state index >= 15 is 0 Å². The Hall–Kier alpha value is -4.51. The van der Waals surface area contributed by atoms with Crippen molar-refractivity contribution in [2.45, 2.75) is 34.1 Å². The number of hydrogen-bond donors (Lipinski definition) is 1. The summed E-state index contributed by atoms with van der Waals surface area (Å²) in [5.74, 6) is 1.15. The van der Waals surface area contributed by atoms with Crippen molar-refractivity contribution >= 4 is 27.4 Å². The van der Waals surface area contributed by atoms with Crippen LogP contribution in [0.5, 0.6) is 11.5 Å². The quantitative estimate of drug-likeness (QED) is 0.330. The van der Waals surface area contributed by atoms with Gasteiger partial charge in [-0.2, -0.15) is 0 Å². The first kappa shape index (κ1) is 26.1. The Morgan fingerprint density at radius 2 is 1.82 bits per heavy atom. The van der Waals surface area contributed by atoms with Crippen molar-refractivity contribution < 1.29 is 22.0 Å². The molecule has 0 unspecified atom stereocenters. The molecule has 9 nitrogen and oxygen atoms in total. The standard InChI is InChI=1S/C28H25FN4O5S/c1-6-39(35,36)32-21-7-8-25(38-27-15(2)9-20(29)10-16(27)3)24(13-21)33-14-17(4)26(34)22-11-19(12-23(22)33)28-31-30-18(5)37-28/h6-10,12-14,32H,1,11H2,2-5H3. The average Bonchev–Trinajstić information content (AvgIpc) is 3.51. The Morgan fingerprint density at radius 3 is 2.46 bits per heavy atom. The number of pyridine rings is 1. The summed E-state index contributed by atoms with van der Waals surface area (Å²) in [6, 6.07) is 7.50.